The number of aryl methyl sites for hydroxylation is 3. The average Bonchev–Trinajstić information content (AvgIpc) is 3.65. The third-order valence-electron chi connectivity index (χ3n) is 12.1. The molecule has 1 radical (unpaired) electrons. The van der Waals surface area contributed by atoms with Crippen LogP contribution in [-0.4, -0.2) is 18.0 Å². The normalized spacial score (nSPS) is 12.1. The number of hydrogen-bond acceptors (Lipinski definition) is 3. The first kappa shape index (κ1) is 43.9. The van der Waals surface area contributed by atoms with Crippen LogP contribution < -0.4 is 5.19 Å². The van der Waals surface area contributed by atoms with E-state index in [1.807, 2.05) is 56.6 Å². The Bertz CT molecular complexity index is 3070. The molecule has 5 heteroatoms. The number of pyridine rings is 2. The molecule has 3 nitrogen and oxygen atoms in total. The summed E-state index contributed by atoms with van der Waals surface area (Å²) in [6.07, 6.45) is 3.88. The molecule has 9 rings (SSSR count). The molecule has 0 aliphatic carbocycles. The largest absolute Gasteiger partial charge is 0.501 e. The standard InChI is InChI=1S/C35H30NO.C23H26NSi.Ir/c1-22-18-23(2)33(24(3)19-22)25-16-17-36-31(20-25)29-13-9-12-28-30-21-27(14-15-32(30)37-34(28)29)35(4,5)26-10-7-6-8-11-26;1-17(2)21-15-22(24-16-23(21)25(3,4)5)20-13-9-12-19(14-20)18-10-7-6-8-11-18;/h6-12,14-21H,1-5H3;6-12,14-17H,1-5H3;/q2*-1;/i;17D;. The predicted molar refractivity (Wildman–Crippen MR) is 265 cm³/mol. The van der Waals surface area contributed by atoms with Gasteiger partial charge in [-0.05, 0) is 100 Å². The summed E-state index contributed by atoms with van der Waals surface area (Å²) in [4.78, 5) is 9.48. The van der Waals surface area contributed by atoms with E-state index in [2.05, 4.69) is 176 Å². The number of aromatic nitrogens is 2. The van der Waals surface area contributed by atoms with Gasteiger partial charge >= 0.3 is 0 Å². The molecule has 9 aromatic rings. The van der Waals surface area contributed by atoms with Gasteiger partial charge in [0.25, 0.3) is 0 Å². The maximum absolute atomic E-state index is 8.61. The Labute approximate surface area is 390 Å². The van der Waals surface area contributed by atoms with E-state index >= 15 is 0 Å². The number of hydrogen-bond donors (Lipinski definition) is 0. The minimum absolute atomic E-state index is 0. The fourth-order valence-corrected chi connectivity index (χ4v) is 10.3. The van der Waals surface area contributed by atoms with Crippen molar-refractivity contribution in [3.63, 3.8) is 0 Å². The summed E-state index contributed by atoms with van der Waals surface area (Å²) in [7, 11) is -1.57. The van der Waals surface area contributed by atoms with Gasteiger partial charge in [0.1, 0.15) is 5.58 Å². The Balaban J connectivity index is 0.000000201. The van der Waals surface area contributed by atoms with Crippen molar-refractivity contribution in [3.8, 4) is 44.8 Å². The monoisotopic (exact) mass is 1020 g/mol. The third-order valence-corrected chi connectivity index (χ3v) is 14.1. The third kappa shape index (κ3) is 9.48. The number of benzene rings is 6. The van der Waals surface area contributed by atoms with Crippen LogP contribution in [0.4, 0.5) is 0 Å². The van der Waals surface area contributed by atoms with Gasteiger partial charge in [-0.15, -0.1) is 53.6 Å². The van der Waals surface area contributed by atoms with Crippen molar-refractivity contribution in [3.05, 3.63) is 197 Å². The fourth-order valence-electron chi connectivity index (χ4n) is 8.74. The van der Waals surface area contributed by atoms with Crippen LogP contribution in [0.5, 0.6) is 0 Å². The summed E-state index contributed by atoms with van der Waals surface area (Å²) in [5.74, 6) is -0.648. The zero-order chi connectivity index (χ0) is 44.7. The quantitative estimate of drug-likeness (QED) is 0.112. The number of nitrogens with zero attached hydrogens (tertiary/aromatic N) is 2. The molecule has 63 heavy (non-hydrogen) atoms. The van der Waals surface area contributed by atoms with Crippen LogP contribution in [-0.2, 0) is 25.5 Å². The van der Waals surface area contributed by atoms with E-state index in [-0.39, 0.29) is 25.5 Å². The first-order valence-electron chi connectivity index (χ1n) is 22.1. The first-order valence-corrected chi connectivity index (χ1v) is 25.1. The van der Waals surface area contributed by atoms with Crippen molar-refractivity contribution < 1.29 is 25.9 Å². The molecule has 0 amide bonds. The SMILES string of the molecule is Cc1cc(C)c(-c2ccnc(-c3[c-]ccc4c3oc3ccc(C(C)(C)c5ccccc5)cc34)c2)c(C)c1.[2H]C(C)(C)c1cc(-c2[c-]ccc(-c3ccccc3)c2)ncc1[Si](C)(C)C.[Ir]. The molecular weight excluding hydrogens is 961 g/mol. The van der Waals surface area contributed by atoms with Crippen LogP contribution in [0.15, 0.2) is 156 Å². The molecule has 319 valence electrons. The Morgan fingerprint density at radius 3 is 2.02 bits per heavy atom. The molecule has 0 fully saturated rings. The second kappa shape index (κ2) is 18.6. The van der Waals surface area contributed by atoms with Crippen LogP contribution in [0, 0.1) is 32.9 Å². The predicted octanol–water partition coefficient (Wildman–Crippen LogP) is 15.2. The molecule has 0 aliphatic rings. The van der Waals surface area contributed by atoms with E-state index in [0.717, 1.165) is 61.1 Å². The zero-order valence-corrected chi connectivity index (χ0v) is 41.5. The maximum Gasteiger partial charge on any atom is 0.120 e. The van der Waals surface area contributed by atoms with Crippen LogP contribution >= 0.6 is 0 Å². The topological polar surface area (TPSA) is 38.9 Å². The van der Waals surface area contributed by atoms with Crippen molar-refractivity contribution in [1.29, 1.82) is 0 Å². The van der Waals surface area contributed by atoms with Crippen LogP contribution in [0.2, 0.25) is 19.6 Å². The van der Waals surface area contributed by atoms with Crippen LogP contribution in [0.25, 0.3) is 66.7 Å². The molecule has 0 atom stereocenters. The number of fused-ring (bicyclic) bond motifs is 3. The summed E-state index contributed by atoms with van der Waals surface area (Å²) in [6, 6.07) is 55.4. The molecule has 0 N–H and O–H groups in total. The molecule has 0 saturated heterocycles. The van der Waals surface area contributed by atoms with Gasteiger partial charge in [0.15, 0.2) is 0 Å². The van der Waals surface area contributed by atoms with Gasteiger partial charge in [-0.3, -0.25) is 0 Å². The summed E-state index contributed by atoms with van der Waals surface area (Å²) in [5.41, 5.74) is 17.4. The summed E-state index contributed by atoms with van der Waals surface area (Å²) in [6.45, 7) is 21.9. The molecular formula is C58H56IrN2OSi-2. The van der Waals surface area contributed by atoms with E-state index in [9.17, 15) is 0 Å². The van der Waals surface area contributed by atoms with Crippen molar-refractivity contribution in [1.82, 2.24) is 9.97 Å². The minimum Gasteiger partial charge on any atom is -0.501 e. The van der Waals surface area contributed by atoms with Crippen LogP contribution in [0.1, 0.15) is 68.3 Å². The second-order valence-electron chi connectivity index (χ2n) is 18.3. The fraction of sp³-hybridized carbons (Fsp3) is 0.207. The molecule has 0 aliphatic heterocycles. The minimum atomic E-state index is -1.57. The molecule has 0 spiro atoms. The maximum atomic E-state index is 8.61. The van der Waals surface area contributed by atoms with E-state index in [4.69, 9.17) is 15.8 Å². The van der Waals surface area contributed by atoms with Gasteiger partial charge in [0, 0.05) is 44.7 Å². The van der Waals surface area contributed by atoms with E-state index in [0.29, 0.717) is 0 Å². The molecule has 3 heterocycles. The average molecular weight is 1020 g/mol. The second-order valence-corrected chi connectivity index (χ2v) is 23.4. The van der Waals surface area contributed by atoms with Crippen molar-refractivity contribution in [2.45, 2.75) is 79.4 Å². The number of rotatable bonds is 8. The van der Waals surface area contributed by atoms with E-state index in [1.165, 1.54) is 44.1 Å². The molecule has 3 aromatic heterocycles. The van der Waals surface area contributed by atoms with E-state index < -0.39 is 14.0 Å². The number of furan rings is 1. The van der Waals surface area contributed by atoms with Crippen LogP contribution in [0.3, 0.4) is 0 Å². The van der Waals surface area contributed by atoms with Gasteiger partial charge < -0.3 is 14.4 Å². The van der Waals surface area contributed by atoms with Gasteiger partial charge in [0.05, 0.1) is 13.7 Å². The molecule has 0 bridgehead atoms. The van der Waals surface area contributed by atoms with Crippen molar-refractivity contribution in [2.75, 3.05) is 0 Å². The zero-order valence-electron chi connectivity index (χ0n) is 39.1. The summed E-state index contributed by atoms with van der Waals surface area (Å²) >= 11 is 0. The Hall–Kier alpha value is -5.71. The molecule has 0 saturated carbocycles. The first-order chi connectivity index (χ1) is 30.0. The van der Waals surface area contributed by atoms with Gasteiger partial charge in [-0.2, -0.15) is 0 Å². The van der Waals surface area contributed by atoms with Gasteiger partial charge in [0.2, 0.25) is 0 Å². The van der Waals surface area contributed by atoms with E-state index in [1.54, 1.807) is 0 Å². The Morgan fingerprint density at radius 2 is 1.33 bits per heavy atom. The van der Waals surface area contributed by atoms with Crippen molar-refractivity contribution >= 4 is 35.2 Å². The summed E-state index contributed by atoms with van der Waals surface area (Å²) in [5, 5.41) is 3.47. The van der Waals surface area contributed by atoms with Crippen molar-refractivity contribution in [2.24, 2.45) is 0 Å². The smallest absolute Gasteiger partial charge is 0.120 e. The van der Waals surface area contributed by atoms with Gasteiger partial charge in [-0.25, -0.2) is 0 Å². The molecule has 0 unspecified atom stereocenters. The summed E-state index contributed by atoms with van der Waals surface area (Å²) < 4.78 is 15.1. The van der Waals surface area contributed by atoms with Gasteiger partial charge in [-0.1, -0.05) is 160 Å². The Morgan fingerprint density at radius 1 is 0.651 bits per heavy atom. The Kier molecular flexibility index (Phi) is 12.9. The molecule has 6 aromatic carbocycles.